The Hall–Kier alpha value is -3.05. The fourth-order valence-corrected chi connectivity index (χ4v) is 4.85. The van der Waals surface area contributed by atoms with E-state index < -0.39 is 0 Å². The molecule has 1 saturated heterocycles. The first kappa shape index (κ1) is 21.2. The molecule has 0 unspecified atom stereocenters. The van der Waals surface area contributed by atoms with Crippen molar-refractivity contribution in [3.05, 3.63) is 95.6 Å². The van der Waals surface area contributed by atoms with Crippen LogP contribution in [0.25, 0.3) is 0 Å². The lowest BCUT2D eigenvalue weighted by molar-refractivity contribution is -0.115. The number of nitrogens with zero attached hydrogens (tertiary/aromatic N) is 1. The van der Waals surface area contributed by atoms with Crippen LogP contribution in [0.5, 0.6) is 0 Å². The fraction of sp³-hybridized carbons (Fsp3) is 0.231. The molecule has 4 nitrogen and oxygen atoms in total. The molecule has 0 aromatic heterocycles. The van der Waals surface area contributed by atoms with Crippen molar-refractivity contribution >= 4 is 35.0 Å². The quantitative estimate of drug-likeness (QED) is 0.496. The Balaban J connectivity index is 1.43. The van der Waals surface area contributed by atoms with Crippen molar-refractivity contribution in [1.29, 1.82) is 0 Å². The largest absolute Gasteiger partial charge is 0.322 e. The number of carbonyl (C=O) groups is 2. The molecule has 4 rings (SSSR count). The van der Waals surface area contributed by atoms with Crippen LogP contribution >= 0.6 is 11.8 Å². The Bertz CT molecular complexity index is 1030. The molecule has 1 aliphatic rings. The summed E-state index contributed by atoms with van der Waals surface area (Å²) in [6.07, 6.45) is 3.36. The van der Waals surface area contributed by atoms with Gasteiger partial charge < -0.3 is 5.32 Å². The van der Waals surface area contributed by atoms with Crippen molar-refractivity contribution in [2.75, 3.05) is 16.0 Å². The van der Waals surface area contributed by atoms with E-state index in [1.54, 1.807) is 11.8 Å². The summed E-state index contributed by atoms with van der Waals surface area (Å²) >= 11 is 1.62. The number of unbranched alkanes of at least 4 members (excludes halogenated alkanes) is 1. The number of thioether (sulfide) groups is 1. The van der Waals surface area contributed by atoms with Gasteiger partial charge in [0.25, 0.3) is 5.91 Å². The molecule has 1 aliphatic heterocycles. The second-order valence-electron chi connectivity index (χ2n) is 7.64. The zero-order chi connectivity index (χ0) is 21.6. The lowest BCUT2D eigenvalue weighted by atomic mass is 10.1. The number of para-hydroxylation sites is 1. The summed E-state index contributed by atoms with van der Waals surface area (Å²) in [4.78, 5) is 26.9. The van der Waals surface area contributed by atoms with Crippen LogP contribution < -0.4 is 10.2 Å². The molecular formula is C26H26N2O2S. The van der Waals surface area contributed by atoms with Crippen LogP contribution in [0.1, 0.15) is 46.6 Å². The zero-order valence-electron chi connectivity index (χ0n) is 17.6. The van der Waals surface area contributed by atoms with E-state index in [4.69, 9.17) is 0 Å². The minimum Gasteiger partial charge on any atom is -0.322 e. The second kappa shape index (κ2) is 9.84. The maximum atomic E-state index is 12.6. The van der Waals surface area contributed by atoms with E-state index >= 15 is 0 Å². The lowest BCUT2D eigenvalue weighted by Gasteiger charge is -2.24. The van der Waals surface area contributed by atoms with Gasteiger partial charge in [-0.2, -0.15) is 0 Å². The molecule has 0 radical (unpaired) electrons. The predicted octanol–water partition coefficient (Wildman–Crippen LogP) is 6.06. The Labute approximate surface area is 187 Å². The monoisotopic (exact) mass is 430 g/mol. The first-order valence-electron chi connectivity index (χ1n) is 10.6. The summed E-state index contributed by atoms with van der Waals surface area (Å²) in [6, 6.07) is 25.3. The molecule has 0 spiro atoms. The van der Waals surface area contributed by atoms with Crippen LogP contribution in [0.2, 0.25) is 0 Å². The number of benzene rings is 3. The minimum atomic E-state index is -0.119. The van der Waals surface area contributed by atoms with Crippen molar-refractivity contribution in [2.45, 2.75) is 31.6 Å². The normalized spacial score (nSPS) is 15.8. The van der Waals surface area contributed by atoms with Gasteiger partial charge in [0.15, 0.2) is 0 Å². The number of aryl methyl sites for hydroxylation is 1. The van der Waals surface area contributed by atoms with Gasteiger partial charge in [0.1, 0.15) is 5.37 Å². The van der Waals surface area contributed by atoms with Crippen LogP contribution in [0.4, 0.5) is 11.4 Å². The van der Waals surface area contributed by atoms with Crippen molar-refractivity contribution < 1.29 is 9.59 Å². The third-order valence-corrected chi connectivity index (χ3v) is 6.60. The summed E-state index contributed by atoms with van der Waals surface area (Å²) in [5.74, 6) is 0.457. The highest BCUT2D eigenvalue weighted by molar-refractivity contribution is 8.00. The predicted molar refractivity (Wildman–Crippen MR) is 129 cm³/mol. The average Bonchev–Trinajstić information content (AvgIpc) is 3.20. The van der Waals surface area contributed by atoms with Crippen molar-refractivity contribution in [1.82, 2.24) is 0 Å². The molecule has 158 valence electrons. The van der Waals surface area contributed by atoms with Crippen LogP contribution in [-0.4, -0.2) is 17.6 Å². The third-order valence-electron chi connectivity index (χ3n) is 5.39. The fourth-order valence-electron chi connectivity index (χ4n) is 3.68. The van der Waals surface area contributed by atoms with Gasteiger partial charge in [-0.25, -0.2) is 0 Å². The summed E-state index contributed by atoms with van der Waals surface area (Å²) < 4.78 is 0. The van der Waals surface area contributed by atoms with E-state index in [0.29, 0.717) is 11.3 Å². The highest BCUT2D eigenvalue weighted by Crippen LogP contribution is 2.41. The van der Waals surface area contributed by atoms with E-state index in [9.17, 15) is 9.59 Å². The van der Waals surface area contributed by atoms with Gasteiger partial charge in [-0.05, 0) is 60.4 Å². The molecule has 3 aromatic carbocycles. The van der Waals surface area contributed by atoms with E-state index in [1.807, 2.05) is 83.8 Å². The molecule has 0 bridgehead atoms. The van der Waals surface area contributed by atoms with Crippen LogP contribution in [0, 0.1) is 0 Å². The lowest BCUT2D eigenvalue weighted by Crippen LogP contribution is -2.27. The second-order valence-corrected chi connectivity index (χ2v) is 8.71. The average molecular weight is 431 g/mol. The van der Waals surface area contributed by atoms with Gasteiger partial charge in [0, 0.05) is 16.9 Å². The first-order chi connectivity index (χ1) is 15.2. The number of nitrogens with one attached hydrogen (secondary N) is 1. The van der Waals surface area contributed by atoms with E-state index in [0.717, 1.165) is 36.2 Å². The Kier molecular flexibility index (Phi) is 6.73. The topological polar surface area (TPSA) is 49.4 Å². The van der Waals surface area contributed by atoms with Crippen LogP contribution in [0.15, 0.2) is 78.9 Å². The molecule has 1 N–H and O–H groups in total. The van der Waals surface area contributed by atoms with Gasteiger partial charge in [-0.3, -0.25) is 14.5 Å². The van der Waals surface area contributed by atoms with Crippen LogP contribution in [0.3, 0.4) is 0 Å². The third kappa shape index (κ3) is 5.00. The number of hydrogen-bond donors (Lipinski definition) is 1. The maximum Gasteiger partial charge on any atom is 0.255 e. The minimum absolute atomic E-state index is 0.0599. The molecule has 5 heteroatoms. The Morgan fingerprint density at radius 3 is 2.39 bits per heavy atom. The maximum absolute atomic E-state index is 12.6. The summed E-state index contributed by atoms with van der Waals surface area (Å²) in [5, 5.41) is 2.90. The zero-order valence-corrected chi connectivity index (χ0v) is 18.4. The van der Waals surface area contributed by atoms with E-state index in [2.05, 4.69) is 12.2 Å². The Morgan fingerprint density at radius 1 is 1.00 bits per heavy atom. The van der Waals surface area contributed by atoms with Crippen molar-refractivity contribution in [3.8, 4) is 0 Å². The Morgan fingerprint density at radius 2 is 1.71 bits per heavy atom. The number of carbonyl (C=O) groups excluding carboxylic acids is 2. The summed E-state index contributed by atoms with van der Waals surface area (Å²) in [5.41, 5.74) is 4.59. The summed E-state index contributed by atoms with van der Waals surface area (Å²) in [6.45, 7) is 2.18. The van der Waals surface area contributed by atoms with Crippen molar-refractivity contribution in [3.63, 3.8) is 0 Å². The van der Waals surface area contributed by atoms with Crippen LogP contribution in [-0.2, 0) is 11.2 Å². The standard InChI is InChI=1S/C26H26N2O2S/c1-2-3-7-19-10-12-20(13-11-19)25(30)27-22-16-14-21(15-17-22)26-28(24(29)18-31-26)23-8-5-4-6-9-23/h4-6,8-17,26H,2-3,7,18H2,1H3,(H,27,30)/t26-/m1/s1. The number of hydrogen-bond acceptors (Lipinski definition) is 3. The molecule has 1 fully saturated rings. The van der Waals surface area contributed by atoms with Gasteiger partial charge in [-0.15, -0.1) is 11.8 Å². The smallest absolute Gasteiger partial charge is 0.255 e. The van der Waals surface area contributed by atoms with E-state index in [1.165, 1.54) is 5.56 Å². The molecule has 3 aromatic rings. The highest BCUT2D eigenvalue weighted by Gasteiger charge is 2.33. The first-order valence-corrected chi connectivity index (χ1v) is 11.7. The van der Waals surface area contributed by atoms with E-state index in [-0.39, 0.29) is 17.2 Å². The number of anilines is 2. The van der Waals surface area contributed by atoms with Crippen molar-refractivity contribution in [2.24, 2.45) is 0 Å². The molecule has 1 atom stereocenters. The van der Waals surface area contributed by atoms with Gasteiger partial charge in [0.05, 0.1) is 5.75 Å². The molecular weight excluding hydrogens is 404 g/mol. The van der Waals surface area contributed by atoms with Gasteiger partial charge >= 0.3 is 0 Å². The highest BCUT2D eigenvalue weighted by atomic mass is 32.2. The van der Waals surface area contributed by atoms with Gasteiger partial charge in [0.2, 0.25) is 5.91 Å². The molecule has 0 aliphatic carbocycles. The molecule has 1 heterocycles. The number of rotatable bonds is 7. The van der Waals surface area contributed by atoms with Gasteiger partial charge in [-0.1, -0.05) is 55.8 Å². The summed E-state index contributed by atoms with van der Waals surface area (Å²) in [7, 11) is 0. The number of amides is 2. The molecule has 31 heavy (non-hydrogen) atoms. The SMILES string of the molecule is CCCCc1ccc(C(=O)Nc2ccc([C@H]3SCC(=O)N3c3ccccc3)cc2)cc1. The molecule has 2 amide bonds. The molecule has 0 saturated carbocycles.